The Hall–Kier alpha value is -3.26. The highest BCUT2D eigenvalue weighted by Gasteiger charge is 2.45. The molecule has 1 aromatic carbocycles. The van der Waals surface area contributed by atoms with Gasteiger partial charge in [0.15, 0.2) is 23.0 Å². The first-order valence-corrected chi connectivity index (χ1v) is 10.3. The van der Waals surface area contributed by atoms with Crippen molar-refractivity contribution in [3.05, 3.63) is 59.3 Å². The molecule has 1 amide bonds. The fourth-order valence-corrected chi connectivity index (χ4v) is 4.36. The smallest absolute Gasteiger partial charge is 0.290 e. The average Bonchev–Trinajstić information content (AvgIpc) is 3.54. The van der Waals surface area contributed by atoms with Crippen molar-refractivity contribution < 1.29 is 28.6 Å². The zero-order valence-corrected chi connectivity index (χ0v) is 17.7. The number of Topliss-reactive ketones (excluding diaryl/α,β-unsaturated/α-hetero) is 1. The highest BCUT2D eigenvalue weighted by atomic mass is 16.5. The van der Waals surface area contributed by atoms with Crippen molar-refractivity contribution in [2.24, 2.45) is 0 Å². The fourth-order valence-electron chi connectivity index (χ4n) is 4.36. The van der Waals surface area contributed by atoms with E-state index in [1.54, 1.807) is 24.3 Å². The van der Waals surface area contributed by atoms with E-state index in [9.17, 15) is 14.7 Å². The number of ketones is 1. The lowest BCUT2D eigenvalue weighted by atomic mass is 9.94. The van der Waals surface area contributed by atoms with E-state index in [1.807, 2.05) is 0 Å². The number of para-hydroxylation sites is 1. The van der Waals surface area contributed by atoms with Crippen molar-refractivity contribution in [1.29, 1.82) is 0 Å². The molecular weight excluding hydrogens is 400 g/mol. The summed E-state index contributed by atoms with van der Waals surface area (Å²) < 4.78 is 16.3. The minimum absolute atomic E-state index is 0.0204. The lowest BCUT2D eigenvalue weighted by Gasteiger charge is -2.29. The van der Waals surface area contributed by atoms with Gasteiger partial charge in [0.1, 0.15) is 0 Å². The van der Waals surface area contributed by atoms with Gasteiger partial charge in [-0.3, -0.25) is 9.59 Å². The molecule has 2 aliphatic heterocycles. The second kappa shape index (κ2) is 8.85. The summed E-state index contributed by atoms with van der Waals surface area (Å²) in [6, 6.07) is 7.57. The highest BCUT2D eigenvalue weighted by molar-refractivity contribution is 6.15. The molecule has 164 valence electrons. The Labute approximate surface area is 180 Å². The second-order valence-electron chi connectivity index (χ2n) is 7.60. The van der Waals surface area contributed by atoms with Crippen LogP contribution < -0.4 is 9.47 Å². The topological polar surface area (TPSA) is 92.5 Å². The van der Waals surface area contributed by atoms with Gasteiger partial charge >= 0.3 is 0 Å². The predicted octanol–water partition coefficient (Wildman–Crippen LogP) is 2.97. The number of aliphatic hydroxyl groups is 1. The average molecular weight is 426 g/mol. The van der Waals surface area contributed by atoms with E-state index in [-0.39, 0.29) is 11.3 Å². The zero-order valence-electron chi connectivity index (χ0n) is 17.7. The SMILES string of the molecule is COc1cccc(C2C(C(=O)c3ccco3)=C(O)C(=O)N2CCN2CCCC2)c1OC. The van der Waals surface area contributed by atoms with Gasteiger partial charge in [-0.1, -0.05) is 12.1 Å². The number of hydrogen-bond acceptors (Lipinski definition) is 7. The fraction of sp³-hybridized carbons (Fsp3) is 0.391. The highest BCUT2D eigenvalue weighted by Crippen LogP contribution is 2.45. The summed E-state index contributed by atoms with van der Waals surface area (Å²) in [5, 5.41) is 10.8. The van der Waals surface area contributed by atoms with Gasteiger partial charge in [0.25, 0.3) is 5.91 Å². The number of carbonyl (C=O) groups is 2. The van der Waals surface area contributed by atoms with Crippen molar-refractivity contribution in [3.8, 4) is 11.5 Å². The Morgan fingerprint density at radius 3 is 2.55 bits per heavy atom. The van der Waals surface area contributed by atoms with Crippen molar-refractivity contribution in [2.75, 3.05) is 40.4 Å². The van der Waals surface area contributed by atoms with Crippen LogP contribution in [-0.2, 0) is 4.79 Å². The van der Waals surface area contributed by atoms with Crippen molar-refractivity contribution in [1.82, 2.24) is 9.80 Å². The first kappa shape index (κ1) is 21.0. The first-order valence-electron chi connectivity index (χ1n) is 10.3. The van der Waals surface area contributed by atoms with Crippen LogP contribution in [-0.4, -0.2) is 67.0 Å². The normalized spacial score (nSPS) is 19.4. The molecule has 2 aliphatic rings. The third kappa shape index (κ3) is 3.79. The predicted molar refractivity (Wildman–Crippen MR) is 112 cm³/mol. The van der Waals surface area contributed by atoms with E-state index in [4.69, 9.17) is 13.9 Å². The quantitative estimate of drug-likeness (QED) is 0.649. The zero-order chi connectivity index (χ0) is 22.0. The molecule has 4 rings (SSSR count). The number of aliphatic hydroxyl groups excluding tert-OH is 1. The molecule has 8 heteroatoms. The van der Waals surface area contributed by atoms with Gasteiger partial charge in [-0.2, -0.15) is 0 Å². The maximum atomic E-state index is 13.2. The van der Waals surface area contributed by atoms with Crippen LogP contribution >= 0.6 is 0 Å². The van der Waals surface area contributed by atoms with Crippen LogP contribution in [0.25, 0.3) is 0 Å². The Kier molecular flexibility index (Phi) is 5.99. The molecule has 2 aromatic rings. The van der Waals surface area contributed by atoms with Crippen molar-refractivity contribution in [2.45, 2.75) is 18.9 Å². The third-order valence-corrected chi connectivity index (χ3v) is 5.88. The van der Waals surface area contributed by atoms with E-state index >= 15 is 0 Å². The molecule has 3 heterocycles. The lowest BCUT2D eigenvalue weighted by Crippen LogP contribution is -2.38. The van der Waals surface area contributed by atoms with Gasteiger partial charge in [-0.15, -0.1) is 0 Å². The molecule has 1 atom stereocenters. The van der Waals surface area contributed by atoms with Gasteiger partial charge in [-0.05, 0) is 44.1 Å². The molecule has 0 radical (unpaired) electrons. The minimum atomic E-state index is -0.822. The molecule has 1 aromatic heterocycles. The van der Waals surface area contributed by atoms with E-state index < -0.39 is 23.5 Å². The summed E-state index contributed by atoms with van der Waals surface area (Å²) in [7, 11) is 3.03. The monoisotopic (exact) mass is 426 g/mol. The van der Waals surface area contributed by atoms with Crippen LogP contribution in [0.3, 0.4) is 0 Å². The number of likely N-dealkylation sites (tertiary alicyclic amines) is 1. The Bertz CT molecular complexity index is 992. The maximum Gasteiger partial charge on any atom is 0.290 e. The lowest BCUT2D eigenvalue weighted by molar-refractivity contribution is -0.129. The van der Waals surface area contributed by atoms with Gasteiger partial charge in [-0.25, -0.2) is 0 Å². The summed E-state index contributed by atoms with van der Waals surface area (Å²) in [6.07, 6.45) is 3.65. The summed E-state index contributed by atoms with van der Waals surface area (Å²) in [5.41, 5.74) is 0.545. The van der Waals surface area contributed by atoms with Crippen LogP contribution in [0.2, 0.25) is 0 Å². The number of amides is 1. The molecule has 0 spiro atoms. The number of methoxy groups -OCH3 is 2. The van der Waals surface area contributed by atoms with Crippen molar-refractivity contribution in [3.63, 3.8) is 0 Å². The number of carbonyl (C=O) groups excluding carboxylic acids is 2. The van der Waals surface area contributed by atoms with Crippen LogP contribution in [0.15, 0.2) is 52.3 Å². The standard InChI is InChI=1S/C23H26N2O6/c1-29-17-8-5-7-15(22(17)30-2)19-18(20(26)16-9-6-14-31-16)21(27)23(28)25(19)13-12-24-10-3-4-11-24/h5-9,14,19,27H,3-4,10-13H2,1-2H3. The molecule has 31 heavy (non-hydrogen) atoms. The molecule has 0 bridgehead atoms. The van der Waals surface area contributed by atoms with E-state index in [1.165, 1.54) is 31.4 Å². The number of hydrogen-bond donors (Lipinski definition) is 1. The van der Waals surface area contributed by atoms with Crippen molar-refractivity contribution >= 4 is 11.7 Å². The number of ether oxygens (including phenoxy) is 2. The molecule has 1 unspecified atom stereocenters. The van der Waals surface area contributed by atoms with Crippen LogP contribution in [0.1, 0.15) is 35.0 Å². The molecule has 8 nitrogen and oxygen atoms in total. The Balaban J connectivity index is 1.77. The van der Waals surface area contributed by atoms with Crippen LogP contribution in [0, 0.1) is 0 Å². The van der Waals surface area contributed by atoms with Gasteiger partial charge in [0.2, 0.25) is 5.78 Å². The molecule has 1 N–H and O–H groups in total. The molecule has 1 saturated heterocycles. The van der Waals surface area contributed by atoms with Crippen LogP contribution in [0.5, 0.6) is 11.5 Å². The Morgan fingerprint density at radius 2 is 1.90 bits per heavy atom. The van der Waals surface area contributed by atoms with Gasteiger partial charge in [0, 0.05) is 18.7 Å². The van der Waals surface area contributed by atoms with E-state index in [2.05, 4.69) is 4.90 Å². The van der Waals surface area contributed by atoms with Crippen LogP contribution in [0.4, 0.5) is 0 Å². The summed E-state index contributed by atoms with van der Waals surface area (Å²) in [6.45, 7) is 2.98. The number of furan rings is 1. The van der Waals surface area contributed by atoms with E-state index in [0.717, 1.165) is 25.9 Å². The van der Waals surface area contributed by atoms with Gasteiger partial charge < -0.3 is 28.8 Å². The molecule has 0 saturated carbocycles. The molecular formula is C23H26N2O6. The van der Waals surface area contributed by atoms with E-state index in [0.29, 0.717) is 30.2 Å². The third-order valence-electron chi connectivity index (χ3n) is 5.88. The molecule has 1 fully saturated rings. The summed E-state index contributed by atoms with van der Waals surface area (Å²) in [5.74, 6) is -0.727. The van der Waals surface area contributed by atoms with Gasteiger partial charge in [0.05, 0.1) is 32.1 Å². The summed E-state index contributed by atoms with van der Waals surface area (Å²) >= 11 is 0. The second-order valence-corrected chi connectivity index (χ2v) is 7.60. The largest absolute Gasteiger partial charge is 0.503 e. The first-order chi connectivity index (χ1) is 15.1. The minimum Gasteiger partial charge on any atom is -0.503 e. The number of benzene rings is 1. The number of rotatable bonds is 8. The number of nitrogens with zero attached hydrogens (tertiary/aromatic N) is 2. The molecule has 0 aliphatic carbocycles. The Morgan fingerprint density at radius 1 is 1.13 bits per heavy atom. The summed E-state index contributed by atoms with van der Waals surface area (Å²) in [4.78, 5) is 30.1. The maximum absolute atomic E-state index is 13.2.